The van der Waals surface area contributed by atoms with Crippen molar-refractivity contribution in [3.8, 4) is 11.4 Å². The highest BCUT2D eigenvalue weighted by Gasteiger charge is 2.21. The van der Waals surface area contributed by atoms with E-state index in [1.807, 2.05) is 19.9 Å². The molecule has 0 bridgehead atoms. The highest BCUT2D eigenvalue weighted by molar-refractivity contribution is 7.73. The van der Waals surface area contributed by atoms with E-state index in [2.05, 4.69) is 5.32 Å². The number of benzene rings is 2. The fourth-order valence-corrected chi connectivity index (χ4v) is 4.15. The molecular formula is C21H21N3O4S2. The van der Waals surface area contributed by atoms with Gasteiger partial charge in [0.25, 0.3) is 5.91 Å². The van der Waals surface area contributed by atoms with Gasteiger partial charge in [0, 0.05) is 0 Å². The molecule has 9 heteroatoms. The zero-order chi connectivity index (χ0) is 21.8. The Morgan fingerprint density at radius 1 is 1.23 bits per heavy atom. The van der Waals surface area contributed by atoms with E-state index in [4.69, 9.17) is 27.4 Å². The standard InChI is InChI=1S/C21H21N3O4S2/c1-4-28-16-8-6-5-7-14(16)23-19(25)17-18(22)24(21(29)30-17)15-11-13(20(26)27-3)10-9-12(15)2/h5-11H,4,22H2,1-3H3,(H,23,25). The van der Waals surface area contributed by atoms with Crippen molar-refractivity contribution in [1.29, 1.82) is 0 Å². The van der Waals surface area contributed by atoms with Gasteiger partial charge in [-0.1, -0.05) is 29.5 Å². The van der Waals surface area contributed by atoms with Crippen molar-refractivity contribution < 1.29 is 19.1 Å². The molecule has 0 fully saturated rings. The van der Waals surface area contributed by atoms with Crippen molar-refractivity contribution in [1.82, 2.24) is 4.57 Å². The molecule has 0 unspecified atom stereocenters. The van der Waals surface area contributed by atoms with Gasteiger partial charge in [0.1, 0.15) is 16.4 Å². The first-order valence-corrected chi connectivity index (χ1v) is 10.3. The summed E-state index contributed by atoms with van der Waals surface area (Å²) in [6.07, 6.45) is 0. The number of para-hydroxylation sites is 2. The molecule has 7 nitrogen and oxygen atoms in total. The van der Waals surface area contributed by atoms with Crippen LogP contribution >= 0.6 is 23.6 Å². The second-order valence-electron chi connectivity index (χ2n) is 6.29. The van der Waals surface area contributed by atoms with Crippen molar-refractivity contribution in [3.05, 3.63) is 62.4 Å². The molecule has 0 atom stereocenters. The molecule has 30 heavy (non-hydrogen) atoms. The average Bonchev–Trinajstić information content (AvgIpc) is 3.03. The molecule has 3 rings (SSSR count). The minimum absolute atomic E-state index is 0.196. The maximum Gasteiger partial charge on any atom is 0.337 e. The van der Waals surface area contributed by atoms with Crippen LogP contribution in [0.2, 0.25) is 0 Å². The van der Waals surface area contributed by atoms with E-state index in [9.17, 15) is 9.59 Å². The van der Waals surface area contributed by atoms with E-state index in [-0.39, 0.29) is 10.7 Å². The molecule has 0 aliphatic carbocycles. The minimum atomic E-state index is -0.470. The number of thiazole rings is 1. The first kappa shape index (κ1) is 21.5. The zero-order valence-electron chi connectivity index (χ0n) is 16.7. The summed E-state index contributed by atoms with van der Waals surface area (Å²) >= 11 is 6.57. The smallest absolute Gasteiger partial charge is 0.337 e. The van der Waals surface area contributed by atoms with E-state index in [0.29, 0.717) is 33.2 Å². The first-order valence-electron chi connectivity index (χ1n) is 9.11. The Labute approximate surface area is 183 Å². The monoisotopic (exact) mass is 443 g/mol. The van der Waals surface area contributed by atoms with Crippen molar-refractivity contribution in [3.63, 3.8) is 0 Å². The summed E-state index contributed by atoms with van der Waals surface area (Å²) in [7, 11) is 1.31. The molecule has 3 N–H and O–H groups in total. The molecule has 0 aliphatic rings. The third kappa shape index (κ3) is 4.22. The van der Waals surface area contributed by atoms with Crippen LogP contribution in [0.25, 0.3) is 5.69 Å². The van der Waals surface area contributed by atoms with Gasteiger partial charge >= 0.3 is 5.97 Å². The second kappa shape index (κ2) is 9.10. The SMILES string of the molecule is CCOc1ccccc1NC(=O)c1sc(=S)n(-c2cc(C(=O)OC)ccc2C)c1N. The summed E-state index contributed by atoms with van der Waals surface area (Å²) in [5.41, 5.74) is 8.68. The number of hydrogen-bond acceptors (Lipinski definition) is 7. The van der Waals surface area contributed by atoms with Gasteiger partial charge in [0.15, 0.2) is 3.95 Å². The van der Waals surface area contributed by atoms with Gasteiger partial charge in [-0.2, -0.15) is 0 Å². The first-order chi connectivity index (χ1) is 14.4. The van der Waals surface area contributed by atoms with Gasteiger partial charge in [-0.3, -0.25) is 9.36 Å². The largest absolute Gasteiger partial charge is 0.492 e. The highest BCUT2D eigenvalue weighted by atomic mass is 32.1. The number of methoxy groups -OCH3 is 1. The number of nitrogens with two attached hydrogens (primary N) is 1. The van der Waals surface area contributed by atoms with Crippen LogP contribution in [-0.4, -0.2) is 30.2 Å². The molecule has 1 amide bonds. The zero-order valence-corrected chi connectivity index (χ0v) is 18.4. The Morgan fingerprint density at radius 2 is 1.97 bits per heavy atom. The number of nitrogens with zero attached hydrogens (tertiary/aromatic N) is 1. The Morgan fingerprint density at radius 3 is 2.67 bits per heavy atom. The van der Waals surface area contributed by atoms with Crippen LogP contribution in [0.5, 0.6) is 5.75 Å². The van der Waals surface area contributed by atoms with Gasteiger partial charge in [0.2, 0.25) is 0 Å². The van der Waals surface area contributed by atoms with E-state index in [0.717, 1.165) is 16.9 Å². The molecule has 3 aromatic rings. The van der Waals surface area contributed by atoms with Gasteiger partial charge in [-0.25, -0.2) is 4.79 Å². The number of aromatic nitrogens is 1. The van der Waals surface area contributed by atoms with E-state index in [1.165, 1.54) is 7.11 Å². The lowest BCUT2D eigenvalue weighted by molar-refractivity contribution is 0.0600. The Balaban J connectivity index is 2.00. The van der Waals surface area contributed by atoms with Crippen molar-refractivity contribution in [2.24, 2.45) is 0 Å². The van der Waals surface area contributed by atoms with Crippen LogP contribution in [0.15, 0.2) is 42.5 Å². The Hall–Kier alpha value is -3.17. The summed E-state index contributed by atoms with van der Waals surface area (Å²) in [5.74, 6) is -0.101. The number of aryl methyl sites for hydroxylation is 1. The molecule has 1 heterocycles. The lowest BCUT2D eigenvalue weighted by atomic mass is 10.1. The molecule has 0 saturated carbocycles. The van der Waals surface area contributed by atoms with Crippen molar-refractivity contribution in [2.75, 3.05) is 24.8 Å². The van der Waals surface area contributed by atoms with E-state index < -0.39 is 11.9 Å². The predicted octanol–water partition coefficient (Wildman–Crippen LogP) is 4.60. The average molecular weight is 444 g/mol. The molecule has 0 aliphatic heterocycles. The molecule has 1 aromatic heterocycles. The van der Waals surface area contributed by atoms with Crippen LogP contribution in [0.3, 0.4) is 0 Å². The summed E-state index contributed by atoms with van der Waals surface area (Å²) in [6, 6.07) is 12.2. The maximum atomic E-state index is 12.9. The molecule has 156 valence electrons. The number of rotatable bonds is 6. The number of ether oxygens (including phenoxy) is 2. The number of esters is 1. The van der Waals surface area contributed by atoms with Crippen LogP contribution < -0.4 is 15.8 Å². The minimum Gasteiger partial charge on any atom is -0.492 e. The fraction of sp³-hybridized carbons (Fsp3) is 0.190. The number of carbonyl (C=O) groups is 2. The number of nitrogen functional groups attached to an aromatic ring is 1. The van der Waals surface area contributed by atoms with Crippen LogP contribution in [0, 0.1) is 10.9 Å². The van der Waals surface area contributed by atoms with Crippen molar-refractivity contribution in [2.45, 2.75) is 13.8 Å². The summed E-state index contributed by atoms with van der Waals surface area (Å²) in [5, 5.41) is 2.83. The molecule has 2 aromatic carbocycles. The Bertz CT molecular complexity index is 1170. The maximum absolute atomic E-state index is 12.9. The molecule has 0 spiro atoms. The van der Waals surface area contributed by atoms with E-state index in [1.54, 1.807) is 41.0 Å². The van der Waals surface area contributed by atoms with Gasteiger partial charge in [-0.05, 0) is 55.9 Å². The predicted molar refractivity (Wildman–Crippen MR) is 121 cm³/mol. The molecular weight excluding hydrogens is 422 g/mol. The summed E-state index contributed by atoms with van der Waals surface area (Å²) < 4.78 is 12.3. The third-order valence-electron chi connectivity index (χ3n) is 4.36. The quantitative estimate of drug-likeness (QED) is 0.427. The van der Waals surface area contributed by atoms with E-state index >= 15 is 0 Å². The van der Waals surface area contributed by atoms with Gasteiger partial charge in [-0.15, -0.1) is 0 Å². The number of nitrogens with one attached hydrogen (secondary N) is 1. The fourth-order valence-electron chi connectivity index (χ4n) is 2.90. The molecule has 0 radical (unpaired) electrons. The van der Waals surface area contributed by atoms with Gasteiger partial charge < -0.3 is 20.5 Å². The molecule has 0 saturated heterocycles. The number of hydrogen-bond donors (Lipinski definition) is 2. The van der Waals surface area contributed by atoms with Crippen molar-refractivity contribution >= 4 is 46.9 Å². The number of amides is 1. The number of carbonyl (C=O) groups excluding carboxylic acids is 2. The highest BCUT2D eigenvalue weighted by Crippen LogP contribution is 2.31. The summed E-state index contributed by atoms with van der Waals surface area (Å²) in [6.45, 7) is 4.21. The van der Waals surface area contributed by atoms with Gasteiger partial charge in [0.05, 0.1) is 30.7 Å². The Kier molecular flexibility index (Phi) is 6.53. The van der Waals surface area contributed by atoms with Crippen LogP contribution in [-0.2, 0) is 4.74 Å². The van der Waals surface area contributed by atoms with Crippen LogP contribution in [0.4, 0.5) is 11.5 Å². The summed E-state index contributed by atoms with van der Waals surface area (Å²) in [4.78, 5) is 25.1. The number of anilines is 2. The second-order valence-corrected chi connectivity index (χ2v) is 7.94. The third-order valence-corrected chi connectivity index (χ3v) is 5.75. The lowest BCUT2D eigenvalue weighted by Gasteiger charge is -2.12. The topological polar surface area (TPSA) is 95.6 Å². The lowest BCUT2D eigenvalue weighted by Crippen LogP contribution is -2.14. The normalized spacial score (nSPS) is 10.5. The van der Waals surface area contributed by atoms with Crippen LogP contribution in [0.1, 0.15) is 32.5 Å².